The molecule has 1 rings (SSSR count). The van der Waals surface area contributed by atoms with E-state index in [1.807, 2.05) is 13.0 Å². The average molecular weight is 165 g/mol. The second-order valence-electron chi connectivity index (χ2n) is 3.04. The molecule has 1 aromatic heterocycles. The summed E-state index contributed by atoms with van der Waals surface area (Å²) in [5, 5.41) is 9.66. The molecule has 0 bridgehead atoms. The Morgan fingerprint density at radius 3 is 2.92 bits per heavy atom. The third-order valence-electron chi connectivity index (χ3n) is 2.00. The standard InChI is InChI=1S/C10H15NO/c1-3-4-10(12)9-7-11-6-5-8(9)2/h5-7,10,12H,3-4H2,1-2H3/t10-/m1/s1. The van der Waals surface area contributed by atoms with Gasteiger partial charge in [0, 0.05) is 18.0 Å². The molecule has 0 aliphatic carbocycles. The fourth-order valence-corrected chi connectivity index (χ4v) is 1.25. The molecular weight excluding hydrogens is 150 g/mol. The Kier molecular flexibility index (Phi) is 3.23. The van der Waals surface area contributed by atoms with Crippen molar-refractivity contribution < 1.29 is 5.11 Å². The molecule has 1 atom stereocenters. The monoisotopic (exact) mass is 165 g/mol. The number of aromatic nitrogens is 1. The van der Waals surface area contributed by atoms with Crippen LogP contribution < -0.4 is 0 Å². The van der Waals surface area contributed by atoms with Crippen molar-refractivity contribution >= 4 is 0 Å². The van der Waals surface area contributed by atoms with Crippen LogP contribution in [0.2, 0.25) is 0 Å². The Morgan fingerprint density at radius 2 is 2.33 bits per heavy atom. The highest BCUT2D eigenvalue weighted by molar-refractivity contribution is 5.23. The molecule has 0 aliphatic rings. The number of pyridine rings is 1. The van der Waals surface area contributed by atoms with Gasteiger partial charge in [0.25, 0.3) is 0 Å². The molecule has 0 saturated carbocycles. The smallest absolute Gasteiger partial charge is 0.0807 e. The van der Waals surface area contributed by atoms with E-state index < -0.39 is 0 Å². The first-order chi connectivity index (χ1) is 5.75. The van der Waals surface area contributed by atoms with E-state index in [2.05, 4.69) is 11.9 Å². The van der Waals surface area contributed by atoms with Crippen molar-refractivity contribution in [2.45, 2.75) is 32.8 Å². The van der Waals surface area contributed by atoms with Crippen LogP contribution in [0.1, 0.15) is 37.0 Å². The zero-order chi connectivity index (χ0) is 8.97. The summed E-state index contributed by atoms with van der Waals surface area (Å²) in [6.45, 7) is 4.06. The number of aryl methyl sites for hydroxylation is 1. The summed E-state index contributed by atoms with van der Waals surface area (Å²) >= 11 is 0. The maximum atomic E-state index is 9.66. The van der Waals surface area contributed by atoms with E-state index in [1.165, 1.54) is 0 Å². The van der Waals surface area contributed by atoms with Gasteiger partial charge in [-0.25, -0.2) is 0 Å². The van der Waals surface area contributed by atoms with Crippen molar-refractivity contribution in [1.82, 2.24) is 4.98 Å². The molecule has 0 amide bonds. The minimum absolute atomic E-state index is 0.344. The van der Waals surface area contributed by atoms with Crippen LogP contribution in [-0.4, -0.2) is 10.1 Å². The normalized spacial score (nSPS) is 12.9. The van der Waals surface area contributed by atoms with Gasteiger partial charge in [0.1, 0.15) is 0 Å². The van der Waals surface area contributed by atoms with Crippen molar-refractivity contribution in [3.63, 3.8) is 0 Å². The quantitative estimate of drug-likeness (QED) is 0.745. The molecular formula is C10H15NO. The van der Waals surface area contributed by atoms with Gasteiger partial charge in [-0.1, -0.05) is 13.3 Å². The molecule has 2 nitrogen and oxygen atoms in total. The Bertz CT molecular complexity index is 247. The first-order valence-electron chi connectivity index (χ1n) is 4.34. The van der Waals surface area contributed by atoms with Gasteiger partial charge in [-0.05, 0) is 25.0 Å². The van der Waals surface area contributed by atoms with Gasteiger partial charge in [-0.15, -0.1) is 0 Å². The van der Waals surface area contributed by atoms with E-state index in [1.54, 1.807) is 12.4 Å². The molecule has 2 heteroatoms. The van der Waals surface area contributed by atoms with Gasteiger partial charge < -0.3 is 5.11 Å². The molecule has 1 heterocycles. The van der Waals surface area contributed by atoms with Gasteiger partial charge >= 0.3 is 0 Å². The fourth-order valence-electron chi connectivity index (χ4n) is 1.25. The van der Waals surface area contributed by atoms with Crippen LogP contribution >= 0.6 is 0 Å². The maximum absolute atomic E-state index is 9.66. The van der Waals surface area contributed by atoms with Crippen LogP contribution in [-0.2, 0) is 0 Å². The van der Waals surface area contributed by atoms with Crippen molar-refractivity contribution in [3.05, 3.63) is 29.6 Å². The molecule has 0 unspecified atom stereocenters. The second kappa shape index (κ2) is 4.21. The zero-order valence-corrected chi connectivity index (χ0v) is 7.62. The predicted molar refractivity (Wildman–Crippen MR) is 48.8 cm³/mol. The van der Waals surface area contributed by atoms with E-state index >= 15 is 0 Å². The molecule has 12 heavy (non-hydrogen) atoms. The third kappa shape index (κ3) is 2.05. The number of hydrogen-bond donors (Lipinski definition) is 1. The average Bonchev–Trinajstić information content (AvgIpc) is 2.05. The summed E-state index contributed by atoms with van der Waals surface area (Å²) in [4.78, 5) is 3.99. The molecule has 1 N–H and O–H groups in total. The van der Waals surface area contributed by atoms with Gasteiger partial charge in [-0.2, -0.15) is 0 Å². The molecule has 66 valence electrons. The lowest BCUT2D eigenvalue weighted by Crippen LogP contribution is -1.99. The van der Waals surface area contributed by atoms with E-state index in [0.29, 0.717) is 0 Å². The molecule has 0 spiro atoms. The minimum atomic E-state index is -0.344. The van der Waals surface area contributed by atoms with E-state index in [9.17, 15) is 5.11 Å². The highest BCUT2D eigenvalue weighted by Gasteiger charge is 2.08. The summed E-state index contributed by atoms with van der Waals surface area (Å²) < 4.78 is 0. The van der Waals surface area contributed by atoms with E-state index in [-0.39, 0.29) is 6.10 Å². The Labute approximate surface area is 73.3 Å². The first-order valence-corrected chi connectivity index (χ1v) is 4.34. The van der Waals surface area contributed by atoms with Crippen molar-refractivity contribution in [2.75, 3.05) is 0 Å². The van der Waals surface area contributed by atoms with Crippen LogP contribution in [0, 0.1) is 6.92 Å². The topological polar surface area (TPSA) is 33.1 Å². The van der Waals surface area contributed by atoms with Crippen molar-refractivity contribution in [1.29, 1.82) is 0 Å². The lowest BCUT2D eigenvalue weighted by Gasteiger charge is -2.11. The van der Waals surface area contributed by atoms with Crippen LogP contribution in [0.15, 0.2) is 18.5 Å². The number of rotatable bonds is 3. The molecule has 0 aliphatic heterocycles. The minimum Gasteiger partial charge on any atom is -0.388 e. The predicted octanol–water partition coefficient (Wildman–Crippen LogP) is 2.22. The lowest BCUT2D eigenvalue weighted by molar-refractivity contribution is 0.165. The van der Waals surface area contributed by atoms with Gasteiger partial charge in [0.2, 0.25) is 0 Å². The second-order valence-corrected chi connectivity index (χ2v) is 3.04. The number of nitrogens with zero attached hydrogens (tertiary/aromatic N) is 1. The van der Waals surface area contributed by atoms with E-state index in [4.69, 9.17) is 0 Å². The molecule has 0 fully saturated rings. The van der Waals surface area contributed by atoms with Crippen LogP contribution in [0.25, 0.3) is 0 Å². The number of hydrogen-bond acceptors (Lipinski definition) is 2. The zero-order valence-electron chi connectivity index (χ0n) is 7.62. The largest absolute Gasteiger partial charge is 0.388 e. The van der Waals surface area contributed by atoms with Gasteiger partial charge in [-0.3, -0.25) is 4.98 Å². The Morgan fingerprint density at radius 1 is 1.58 bits per heavy atom. The van der Waals surface area contributed by atoms with Crippen LogP contribution in [0.3, 0.4) is 0 Å². The number of aliphatic hydroxyl groups excluding tert-OH is 1. The highest BCUT2D eigenvalue weighted by atomic mass is 16.3. The summed E-state index contributed by atoms with van der Waals surface area (Å²) in [6.07, 6.45) is 4.96. The lowest BCUT2D eigenvalue weighted by atomic mass is 10.0. The summed E-state index contributed by atoms with van der Waals surface area (Å²) in [5.74, 6) is 0. The van der Waals surface area contributed by atoms with Gasteiger partial charge in [0.15, 0.2) is 0 Å². The summed E-state index contributed by atoms with van der Waals surface area (Å²) in [6, 6.07) is 1.92. The fraction of sp³-hybridized carbons (Fsp3) is 0.500. The first kappa shape index (κ1) is 9.20. The maximum Gasteiger partial charge on any atom is 0.0807 e. The van der Waals surface area contributed by atoms with Crippen molar-refractivity contribution in [2.24, 2.45) is 0 Å². The Balaban J connectivity index is 2.79. The van der Waals surface area contributed by atoms with Crippen LogP contribution in [0.5, 0.6) is 0 Å². The molecule has 0 aromatic carbocycles. The summed E-state index contributed by atoms with van der Waals surface area (Å²) in [5.41, 5.74) is 2.07. The molecule has 1 aromatic rings. The van der Waals surface area contributed by atoms with Gasteiger partial charge in [0.05, 0.1) is 6.10 Å². The van der Waals surface area contributed by atoms with E-state index in [0.717, 1.165) is 24.0 Å². The molecule has 0 radical (unpaired) electrons. The Hall–Kier alpha value is -0.890. The third-order valence-corrected chi connectivity index (χ3v) is 2.00. The molecule has 0 saturated heterocycles. The highest BCUT2D eigenvalue weighted by Crippen LogP contribution is 2.19. The SMILES string of the molecule is CCC[C@@H](O)c1cnccc1C. The summed E-state index contributed by atoms with van der Waals surface area (Å²) in [7, 11) is 0. The van der Waals surface area contributed by atoms with Crippen LogP contribution in [0.4, 0.5) is 0 Å². The van der Waals surface area contributed by atoms with Crippen molar-refractivity contribution in [3.8, 4) is 0 Å². The number of aliphatic hydroxyl groups is 1.